The van der Waals surface area contributed by atoms with Crippen LogP contribution in [0.15, 0.2) is 51.6 Å². The molecule has 6 nitrogen and oxygen atoms in total. The molecule has 0 spiro atoms. The van der Waals surface area contributed by atoms with Crippen molar-refractivity contribution >= 4 is 28.8 Å². The van der Waals surface area contributed by atoms with Crippen LogP contribution < -0.4 is 0 Å². The van der Waals surface area contributed by atoms with E-state index in [1.54, 1.807) is 0 Å². The van der Waals surface area contributed by atoms with Crippen LogP contribution in [0.25, 0.3) is 0 Å². The molecule has 3 aliphatic heterocycles. The van der Waals surface area contributed by atoms with E-state index in [0.29, 0.717) is 18.4 Å². The zero-order valence-electron chi connectivity index (χ0n) is 19.3. The summed E-state index contributed by atoms with van der Waals surface area (Å²) in [4.78, 5) is 35.0. The lowest BCUT2D eigenvalue weighted by Gasteiger charge is -2.38. The van der Waals surface area contributed by atoms with Crippen LogP contribution in [0, 0.1) is 6.92 Å². The number of hydrogen-bond donors (Lipinski definition) is 0. The number of aryl methyl sites for hydroxylation is 1. The van der Waals surface area contributed by atoms with Gasteiger partial charge in [0.15, 0.2) is 5.17 Å². The first kappa shape index (κ1) is 22.6. The molecule has 0 radical (unpaired) electrons. The quantitative estimate of drug-likeness (QED) is 0.592. The second kappa shape index (κ2) is 9.53. The van der Waals surface area contributed by atoms with E-state index >= 15 is 0 Å². The topological polar surface area (TPSA) is 62.2 Å². The number of carbonyl (C=O) groups is 2. The van der Waals surface area contributed by atoms with E-state index in [4.69, 9.17) is 9.73 Å². The number of hydrogen-bond acceptors (Lipinski definition) is 6. The van der Waals surface area contributed by atoms with Crippen molar-refractivity contribution in [2.24, 2.45) is 4.99 Å². The van der Waals surface area contributed by atoms with Crippen molar-refractivity contribution in [3.8, 4) is 0 Å². The molecule has 0 aromatic heterocycles. The molecule has 1 saturated heterocycles. The van der Waals surface area contributed by atoms with Gasteiger partial charge in [-0.1, -0.05) is 48.5 Å². The van der Waals surface area contributed by atoms with Gasteiger partial charge in [0.05, 0.1) is 30.8 Å². The first-order chi connectivity index (χ1) is 15.4. The van der Waals surface area contributed by atoms with Crippen molar-refractivity contribution in [1.29, 1.82) is 0 Å². The molecule has 1 amide bonds. The van der Waals surface area contributed by atoms with Crippen molar-refractivity contribution in [2.75, 3.05) is 13.7 Å². The lowest BCUT2D eigenvalue weighted by atomic mass is 9.92. The van der Waals surface area contributed by atoms with Crippen LogP contribution >= 0.6 is 11.8 Å². The Balaban J connectivity index is 1.72. The maximum atomic E-state index is 13.2. The van der Waals surface area contributed by atoms with Gasteiger partial charge in [-0.3, -0.25) is 4.79 Å². The Labute approximate surface area is 194 Å². The van der Waals surface area contributed by atoms with E-state index in [9.17, 15) is 9.59 Å². The lowest BCUT2D eigenvalue weighted by Crippen LogP contribution is -2.43. The summed E-state index contributed by atoms with van der Waals surface area (Å²) >= 11 is 1.52. The van der Waals surface area contributed by atoms with Crippen LogP contribution in [-0.2, 0) is 14.3 Å². The molecule has 3 heterocycles. The van der Waals surface area contributed by atoms with Gasteiger partial charge in [0.25, 0.3) is 0 Å². The Bertz CT molecular complexity index is 1010. The van der Waals surface area contributed by atoms with Crippen molar-refractivity contribution in [1.82, 2.24) is 9.80 Å². The van der Waals surface area contributed by atoms with E-state index in [1.165, 1.54) is 25.3 Å². The van der Waals surface area contributed by atoms with E-state index in [-0.39, 0.29) is 24.0 Å². The highest BCUT2D eigenvalue weighted by atomic mass is 32.2. The summed E-state index contributed by atoms with van der Waals surface area (Å²) in [6.45, 7) is 6.99. The van der Waals surface area contributed by atoms with Gasteiger partial charge in [0.1, 0.15) is 0 Å². The number of amides is 1. The maximum absolute atomic E-state index is 13.2. The molecular weight excluding hydrogens is 422 g/mol. The average molecular weight is 454 g/mol. The molecule has 32 heavy (non-hydrogen) atoms. The number of methoxy groups -OCH3 is 1. The number of thioether (sulfide) groups is 1. The van der Waals surface area contributed by atoms with Crippen molar-refractivity contribution in [3.63, 3.8) is 0 Å². The molecule has 1 fully saturated rings. The van der Waals surface area contributed by atoms with Gasteiger partial charge in [0, 0.05) is 18.3 Å². The second-order valence-electron chi connectivity index (χ2n) is 8.62. The maximum Gasteiger partial charge on any atom is 0.338 e. The zero-order valence-corrected chi connectivity index (χ0v) is 20.1. The van der Waals surface area contributed by atoms with Gasteiger partial charge < -0.3 is 14.5 Å². The summed E-state index contributed by atoms with van der Waals surface area (Å²) < 4.78 is 5.18. The molecule has 7 heteroatoms. The third-order valence-electron chi connectivity index (χ3n) is 6.44. The second-order valence-corrected chi connectivity index (χ2v) is 9.46. The van der Waals surface area contributed by atoms with Crippen LogP contribution in [0.4, 0.5) is 0 Å². The Morgan fingerprint density at radius 1 is 1.28 bits per heavy atom. The molecule has 2 atom stereocenters. The molecule has 0 N–H and O–H groups in total. The third-order valence-corrected chi connectivity index (χ3v) is 7.33. The van der Waals surface area contributed by atoms with Gasteiger partial charge >= 0.3 is 5.97 Å². The highest BCUT2D eigenvalue weighted by Gasteiger charge is 2.42. The number of benzene rings is 1. The van der Waals surface area contributed by atoms with Gasteiger partial charge in [-0.05, 0) is 50.5 Å². The number of fused-ring (bicyclic) bond motifs is 1. The number of amidine groups is 1. The van der Waals surface area contributed by atoms with Gasteiger partial charge in [-0.2, -0.15) is 0 Å². The fourth-order valence-corrected chi connectivity index (χ4v) is 5.73. The van der Waals surface area contributed by atoms with Gasteiger partial charge in [-0.15, -0.1) is 0 Å². The predicted molar refractivity (Wildman–Crippen MR) is 128 cm³/mol. The van der Waals surface area contributed by atoms with Gasteiger partial charge in [-0.25, -0.2) is 9.79 Å². The Kier molecular flexibility index (Phi) is 6.74. The van der Waals surface area contributed by atoms with Crippen LogP contribution in [0.1, 0.15) is 63.1 Å². The number of ether oxygens (including phenoxy) is 1. The number of esters is 1. The van der Waals surface area contributed by atoms with Crippen molar-refractivity contribution in [3.05, 3.63) is 57.8 Å². The highest BCUT2D eigenvalue weighted by Crippen LogP contribution is 2.45. The monoisotopic (exact) mass is 453 g/mol. The molecular formula is C25H31N3O3S. The minimum atomic E-state index is -0.372. The lowest BCUT2D eigenvalue weighted by molar-refractivity contribution is -0.136. The largest absolute Gasteiger partial charge is 0.466 e. The number of carbonyl (C=O) groups excluding carboxylic acids is 2. The summed E-state index contributed by atoms with van der Waals surface area (Å²) in [6, 6.07) is 8.08. The minimum Gasteiger partial charge on any atom is -0.466 e. The van der Waals surface area contributed by atoms with Crippen LogP contribution in [0.5, 0.6) is 0 Å². The Morgan fingerprint density at radius 3 is 2.78 bits per heavy atom. The minimum absolute atomic E-state index is 0.137. The first-order valence-electron chi connectivity index (χ1n) is 11.4. The fourth-order valence-electron chi connectivity index (χ4n) is 4.79. The van der Waals surface area contributed by atoms with E-state index in [1.807, 2.05) is 42.4 Å². The van der Waals surface area contributed by atoms with Crippen LogP contribution in [0.2, 0.25) is 0 Å². The summed E-state index contributed by atoms with van der Waals surface area (Å²) in [5, 5.41) is 2.83. The van der Waals surface area contributed by atoms with Crippen molar-refractivity contribution in [2.45, 2.75) is 65.0 Å². The molecule has 1 aromatic rings. The summed E-state index contributed by atoms with van der Waals surface area (Å²) in [5.41, 5.74) is 4.30. The number of rotatable bonds is 5. The van der Waals surface area contributed by atoms with E-state index in [0.717, 1.165) is 47.1 Å². The standard InChI is InChI=1S/C25H31N3O3S/c1-5-20-22(24(30)31-4)23(18-11-8-9-16(2)13-18)28-19(15-32-25(28)26-20)14-21(29)27-12-7-6-10-17(27)3/h8-9,11,13,15,17,23H,5-7,10,12,14H2,1-4H3/t17-,23-/m0/s1. The van der Waals surface area contributed by atoms with Crippen LogP contribution in [0.3, 0.4) is 0 Å². The molecule has 4 rings (SSSR count). The zero-order chi connectivity index (χ0) is 22.8. The fraction of sp³-hybridized carbons (Fsp3) is 0.480. The molecule has 0 bridgehead atoms. The summed E-state index contributed by atoms with van der Waals surface area (Å²) in [6.07, 6.45) is 4.21. The third kappa shape index (κ3) is 4.22. The number of piperidine rings is 1. The number of aliphatic imine (C=N–C) groups is 1. The van der Waals surface area contributed by atoms with E-state index in [2.05, 4.69) is 17.9 Å². The molecule has 0 unspecified atom stereocenters. The Morgan fingerprint density at radius 2 is 2.09 bits per heavy atom. The molecule has 1 aromatic carbocycles. The predicted octanol–water partition coefficient (Wildman–Crippen LogP) is 4.92. The average Bonchev–Trinajstić information content (AvgIpc) is 3.19. The summed E-state index contributed by atoms with van der Waals surface area (Å²) in [7, 11) is 1.41. The molecule has 3 aliphatic rings. The normalized spacial score (nSPS) is 23.0. The number of allylic oxidation sites excluding steroid dienone is 1. The van der Waals surface area contributed by atoms with Gasteiger partial charge in [0.2, 0.25) is 5.91 Å². The van der Waals surface area contributed by atoms with Crippen LogP contribution in [-0.4, -0.2) is 46.5 Å². The smallest absolute Gasteiger partial charge is 0.338 e. The summed E-state index contributed by atoms with van der Waals surface area (Å²) in [5.74, 6) is -0.235. The SMILES string of the molecule is CCC1=C(C(=O)OC)[C@H](c2cccc(C)c2)N2C(CC(=O)N3CCCC[C@@H]3C)=CSC2=N1. The molecule has 0 aliphatic carbocycles. The molecule has 0 saturated carbocycles. The number of likely N-dealkylation sites (tertiary alicyclic amines) is 1. The van der Waals surface area contributed by atoms with E-state index < -0.39 is 0 Å². The number of nitrogens with zero attached hydrogens (tertiary/aromatic N) is 3. The molecule has 170 valence electrons. The first-order valence-corrected chi connectivity index (χ1v) is 12.2. The Hall–Kier alpha value is -2.54. The van der Waals surface area contributed by atoms with Crippen molar-refractivity contribution < 1.29 is 14.3 Å². The highest BCUT2D eigenvalue weighted by molar-refractivity contribution is 8.16.